The number of methoxy groups -OCH3 is 1. The SMILES string of the molecule is CCCCC(=O)N(Cc1ccc(B(O)O)cc1)CC(C)CC(=O)OC. The molecule has 1 amide bonds. The Bertz CT molecular complexity index is 547. The van der Waals surface area contributed by atoms with E-state index in [-0.39, 0.29) is 24.2 Å². The fourth-order valence-corrected chi connectivity index (χ4v) is 2.56. The average molecular weight is 349 g/mol. The highest BCUT2D eigenvalue weighted by Gasteiger charge is 2.19. The summed E-state index contributed by atoms with van der Waals surface area (Å²) >= 11 is 0. The molecule has 0 saturated carbocycles. The van der Waals surface area contributed by atoms with E-state index in [1.165, 1.54) is 7.11 Å². The molecule has 0 heterocycles. The molecular weight excluding hydrogens is 321 g/mol. The number of amides is 1. The fraction of sp³-hybridized carbons (Fsp3) is 0.556. The molecule has 0 aliphatic heterocycles. The maximum absolute atomic E-state index is 12.5. The van der Waals surface area contributed by atoms with Gasteiger partial charge in [0.2, 0.25) is 5.91 Å². The number of benzene rings is 1. The molecule has 25 heavy (non-hydrogen) atoms. The van der Waals surface area contributed by atoms with Gasteiger partial charge in [0.05, 0.1) is 7.11 Å². The van der Waals surface area contributed by atoms with Gasteiger partial charge in [-0.2, -0.15) is 0 Å². The summed E-state index contributed by atoms with van der Waals surface area (Å²) in [5.41, 5.74) is 1.31. The Hall–Kier alpha value is -1.86. The Morgan fingerprint density at radius 1 is 1.24 bits per heavy atom. The van der Waals surface area contributed by atoms with Gasteiger partial charge in [0.15, 0.2) is 0 Å². The first-order chi connectivity index (χ1) is 11.9. The summed E-state index contributed by atoms with van der Waals surface area (Å²) in [5, 5.41) is 18.3. The molecule has 0 bridgehead atoms. The van der Waals surface area contributed by atoms with Crippen molar-refractivity contribution in [1.82, 2.24) is 4.90 Å². The van der Waals surface area contributed by atoms with Gasteiger partial charge in [-0.15, -0.1) is 0 Å². The maximum atomic E-state index is 12.5. The quantitative estimate of drug-likeness (QED) is 0.488. The zero-order valence-corrected chi connectivity index (χ0v) is 15.3. The number of hydrogen-bond donors (Lipinski definition) is 2. The molecule has 2 N–H and O–H groups in total. The van der Waals surface area contributed by atoms with Crippen LogP contribution in [0.2, 0.25) is 0 Å². The first-order valence-corrected chi connectivity index (χ1v) is 8.66. The topological polar surface area (TPSA) is 87.1 Å². The second kappa shape index (κ2) is 10.9. The third-order valence-corrected chi connectivity index (χ3v) is 4.02. The van der Waals surface area contributed by atoms with Crippen molar-refractivity contribution in [1.29, 1.82) is 0 Å². The molecule has 6 nitrogen and oxygen atoms in total. The van der Waals surface area contributed by atoms with E-state index >= 15 is 0 Å². The molecule has 0 aromatic heterocycles. The number of rotatable bonds is 10. The van der Waals surface area contributed by atoms with Gasteiger partial charge >= 0.3 is 13.1 Å². The first kappa shape index (κ1) is 21.2. The van der Waals surface area contributed by atoms with Crippen LogP contribution in [0.5, 0.6) is 0 Å². The Balaban J connectivity index is 2.79. The van der Waals surface area contributed by atoms with E-state index in [2.05, 4.69) is 0 Å². The van der Waals surface area contributed by atoms with Crippen LogP contribution in [0.4, 0.5) is 0 Å². The molecule has 0 aliphatic carbocycles. The van der Waals surface area contributed by atoms with Crippen LogP contribution in [-0.2, 0) is 20.9 Å². The molecule has 1 aromatic carbocycles. The van der Waals surface area contributed by atoms with E-state index in [1.54, 1.807) is 29.2 Å². The number of nitrogens with zero attached hydrogens (tertiary/aromatic N) is 1. The summed E-state index contributed by atoms with van der Waals surface area (Å²) in [6.07, 6.45) is 2.52. The lowest BCUT2D eigenvalue weighted by atomic mass is 9.80. The smallest absolute Gasteiger partial charge is 0.469 e. The van der Waals surface area contributed by atoms with Crippen molar-refractivity contribution in [2.75, 3.05) is 13.7 Å². The molecule has 0 radical (unpaired) electrons. The number of esters is 1. The summed E-state index contributed by atoms with van der Waals surface area (Å²) in [5.74, 6) is -0.226. The summed E-state index contributed by atoms with van der Waals surface area (Å²) in [6.45, 7) is 4.86. The molecule has 0 fully saturated rings. The van der Waals surface area contributed by atoms with E-state index in [0.717, 1.165) is 18.4 Å². The molecule has 0 saturated heterocycles. The Kier molecular flexibility index (Phi) is 9.23. The molecule has 1 rings (SSSR count). The van der Waals surface area contributed by atoms with Gasteiger partial charge in [-0.05, 0) is 23.4 Å². The highest BCUT2D eigenvalue weighted by Crippen LogP contribution is 2.13. The molecule has 0 aliphatic rings. The molecule has 138 valence electrons. The van der Waals surface area contributed by atoms with Crippen LogP contribution in [0.1, 0.15) is 45.1 Å². The monoisotopic (exact) mass is 349 g/mol. The summed E-state index contributed by atoms with van der Waals surface area (Å²) in [6, 6.07) is 6.82. The molecule has 1 aromatic rings. The Labute approximate surface area is 149 Å². The lowest BCUT2D eigenvalue weighted by molar-refractivity contribution is -0.142. The van der Waals surface area contributed by atoms with Crippen molar-refractivity contribution in [2.45, 2.75) is 46.1 Å². The minimum absolute atomic E-state index is 0.00318. The normalized spacial score (nSPS) is 11.7. The van der Waals surface area contributed by atoms with Gasteiger partial charge in [-0.25, -0.2) is 0 Å². The second-order valence-corrected chi connectivity index (χ2v) is 6.38. The number of unbranched alkanes of at least 4 members (excludes halogenated alkanes) is 1. The average Bonchev–Trinajstić information content (AvgIpc) is 2.59. The molecule has 0 spiro atoms. The zero-order chi connectivity index (χ0) is 18.8. The third kappa shape index (κ3) is 7.71. The van der Waals surface area contributed by atoms with Gasteiger partial charge in [-0.1, -0.05) is 44.5 Å². The lowest BCUT2D eigenvalue weighted by Crippen LogP contribution is -2.35. The van der Waals surface area contributed by atoms with Crippen molar-refractivity contribution < 1.29 is 24.4 Å². The minimum atomic E-state index is -1.50. The Morgan fingerprint density at radius 2 is 1.88 bits per heavy atom. The van der Waals surface area contributed by atoms with Gasteiger partial charge in [0.1, 0.15) is 0 Å². The highest BCUT2D eigenvalue weighted by atomic mass is 16.5. The molecular formula is C18H28BNO5. The highest BCUT2D eigenvalue weighted by molar-refractivity contribution is 6.58. The zero-order valence-electron chi connectivity index (χ0n) is 15.3. The van der Waals surface area contributed by atoms with E-state index < -0.39 is 7.12 Å². The molecule has 7 heteroatoms. The number of carbonyl (C=O) groups is 2. The largest absolute Gasteiger partial charge is 0.488 e. The summed E-state index contributed by atoms with van der Waals surface area (Å²) in [4.78, 5) is 25.7. The van der Waals surface area contributed by atoms with E-state index in [0.29, 0.717) is 25.0 Å². The summed E-state index contributed by atoms with van der Waals surface area (Å²) in [7, 11) is -0.146. The predicted octanol–water partition coefficient (Wildman–Crippen LogP) is 1.08. The third-order valence-electron chi connectivity index (χ3n) is 4.02. The summed E-state index contributed by atoms with van der Waals surface area (Å²) < 4.78 is 4.69. The molecule has 1 atom stereocenters. The van der Waals surface area contributed by atoms with Gasteiger partial charge < -0.3 is 19.7 Å². The van der Waals surface area contributed by atoms with Crippen LogP contribution < -0.4 is 5.46 Å². The van der Waals surface area contributed by atoms with Crippen molar-refractivity contribution in [3.8, 4) is 0 Å². The van der Waals surface area contributed by atoms with E-state index in [9.17, 15) is 9.59 Å². The van der Waals surface area contributed by atoms with Crippen molar-refractivity contribution in [2.24, 2.45) is 5.92 Å². The van der Waals surface area contributed by atoms with Crippen LogP contribution in [-0.4, -0.2) is 47.6 Å². The minimum Gasteiger partial charge on any atom is -0.469 e. The van der Waals surface area contributed by atoms with Crippen LogP contribution >= 0.6 is 0 Å². The fourth-order valence-electron chi connectivity index (χ4n) is 2.56. The van der Waals surface area contributed by atoms with Gasteiger partial charge in [0.25, 0.3) is 0 Å². The standard InChI is InChI=1S/C18H28BNO5/c1-4-5-6-17(21)20(12-14(2)11-18(22)25-3)13-15-7-9-16(10-8-15)19(23)24/h7-10,14,23-24H,4-6,11-13H2,1-3H3. The molecule has 1 unspecified atom stereocenters. The van der Waals surface area contributed by atoms with Crippen LogP contribution in [0, 0.1) is 5.92 Å². The van der Waals surface area contributed by atoms with E-state index in [1.807, 2.05) is 13.8 Å². The first-order valence-electron chi connectivity index (χ1n) is 8.66. The predicted molar refractivity (Wildman–Crippen MR) is 97.0 cm³/mol. The number of hydrogen-bond acceptors (Lipinski definition) is 5. The van der Waals surface area contributed by atoms with Crippen LogP contribution in [0.3, 0.4) is 0 Å². The number of carbonyl (C=O) groups excluding carboxylic acids is 2. The van der Waals surface area contributed by atoms with Crippen molar-refractivity contribution >= 4 is 24.5 Å². The lowest BCUT2D eigenvalue weighted by Gasteiger charge is -2.26. The van der Waals surface area contributed by atoms with Crippen molar-refractivity contribution in [3.05, 3.63) is 29.8 Å². The van der Waals surface area contributed by atoms with Crippen molar-refractivity contribution in [3.63, 3.8) is 0 Å². The van der Waals surface area contributed by atoms with Gasteiger partial charge in [-0.3, -0.25) is 9.59 Å². The number of ether oxygens (including phenoxy) is 1. The van der Waals surface area contributed by atoms with Gasteiger partial charge in [0, 0.05) is 25.9 Å². The Morgan fingerprint density at radius 3 is 2.40 bits per heavy atom. The maximum Gasteiger partial charge on any atom is 0.488 e. The van der Waals surface area contributed by atoms with Crippen LogP contribution in [0.25, 0.3) is 0 Å². The van der Waals surface area contributed by atoms with Crippen LogP contribution in [0.15, 0.2) is 24.3 Å². The van der Waals surface area contributed by atoms with E-state index in [4.69, 9.17) is 14.8 Å². The second-order valence-electron chi connectivity index (χ2n) is 6.38.